The Morgan fingerprint density at radius 3 is 2.64 bits per heavy atom. The molecule has 2 unspecified atom stereocenters. The highest BCUT2D eigenvalue weighted by molar-refractivity contribution is 9.12. The van der Waals surface area contributed by atoms with Crippen molar-refractivity contribution in [3.63, 3.8) is 0 Å². The molecule has 3 aliphatic rings. The number of piperidine rings is 1. The number of dihydropyridines is 1. The summed E-state index contributed by atoms with van der Waals surface area (Å²) in [6.45, 7) is 4.64. The SMILES string of the molecule is Cc1cc(Br)c2c(c1)CCC1=CC(Br)=CNC1C2C1CCN(C)CC1. The first kappa shape index (κ1) is 17.8. The van der Waals surface area contributed by atoms with E-state index in [4.69, 9.17) is 0 Å². The standard InChI is InChI=1S/C21H26Br2N2/c1-13-9-15-3-4-16-11-17(22)12-24-21(16)20(19(15)18(23)10-13)14-5-7-25(2)8-6-14/h9-12,14,20-21,24H,3-8H2,1-2H3. The minimum Gasteiger partial charge on any atom is -0.383 e. The van der Waals surface area contributed by atoms with Crippen LogP contribution in [0.3, 0.4) is 0 Å². The fraction of sp³-hybridized carbons (Fsp3) is 0.524. The fourth-order valence-electron chi connectivity index (χ4n) is 4.89. The van der Waals surface area contributed by atoms with Gasteiger partial charge in [-0.05, 0) is 109 Å². The van der Waals surface area contributed by atoms with Crippen LogP contribution in [-0.4, -0.2) is 31.1 Å². The Morgan fingerprint density at radius 2 is 1.88 bits per heavy atom. The Balaban J connectivity index is 1.80. The molecule has 0 bridgehead atoms. The van der Waals surface area contributed by atoms with Gasteiger partial charge in [0.05, 0.1) is 6.04 Å². The number of hydrogen-bond donors (Lipinski definition) is 1. The maximum absolute atomic E-state index is 3.93. The second-order valence-corrected chi connectivity index (χ2v) is 9.65. The molecular formula is C21H26Br2N2. The molecule has 1 N–H and O–H groups in total. The number of likely N-dealkylation sites (tertiary alicyclic amines) is 1. The van der Waals surface area contributed by atoms with E-state index in [2.05, 4.69) is 80.5 Å². The number of aryl methyl sites for hydroxylation is 2. The van der Waals surface area contributed by atoms with Crippen molar-refractivity contribution in [1.82, 2.24) is 10.2 Å². The molecule has 1 aromatic carbocycles. The van der Waals surface area contributed by atoms with Crippen molar-refractivity contribution in [3.8, 4) is 0 Å². The molecule has 25 heavy (non-hydrogen) atoms. The summed E-state index contributed by atoms with van der Waals surface area (Å²) in [5.74, 6) is 1.28. The molecule has 0 aromatic heterocycles. The Kier molecular flexibility index (Phi) is 5.13. The van der Waals surface area contributed by atoms with Crippen LogP contribution in [0.2, 0.25) is 0 Å². The largest absolute Gasteiger partial charge is 0.383 e. The lowest BCUT2D eigenvalue weighted by Crippen LogP contribution is -2.42. The van der Waals surface area contributed by atoms with Gasteiger partial charge in [-0.2, -0.15) is 0 Å². The van der Waals surface area contributed by atoms with Crippen LogP contribution in [-0.2, 0) is 6.42 Å². The van der Waals surface area contributed by atoms with Gasteiger partial charge in [-0.15, -0.1) is 0 Å². The number of halogens is 2. The quantitative estimate of drug-likeness (QED) is 0.608. The zero-order valence-electron chi connectivity index (χ0n) is 15.0. The van der Waals surface area contributed by atoms with Crippen molar-refractivity contribution in [2.45, 2.75) is 44.6 Å². The molecule has 1 aliphatic carbocycles. The number of benzene rings is 1. The molecule has 1 fully saturated rings. The molecular weight excluding hydrogens is 440 g/mol. The number of fused-ring (bicyclic) bond motifs is 2. The monoisotopic (exact) mass is 464 g/mol. The van der Waals surface area contributed by atoms with Crippen molar-refractivity contribution in [1.29, 1.82) is 0 Å². The zero-order valence-corrected chi connectivity index (χ0v) is 18.2. The Labute approximate surface area is 168 Å². The molecule has 2 atom stereocenters. The normalized spacial score (nSPS) is 27.5. The molecule has 4 heteroatoms. The van der Waals surface area contributed by atoms with E-state index in [0.29, 0.717) is 12.0 Å². The first-order valence-electron chi connectivity index (χ1n) is 9.32. The van der Waals surface area contributed by atoms with Crippen molar-refractivity contribution < 1.29 is 0 Å². The van der Waals surface area contributed by atoms with Crippen LogP contribution in [0, 0.1) is 12.8 Å². The maximum Gasteiger partial charge on any atom is 0.0543 e. The first-order chi connectivity index (χ1) is 12.0. The average Bonchev–Trinajstić information content (AvgIpc) is 2.72. The van der Waals surface area contributed by atoms with E-state index in [1.807, 2.05) is 0 Å². The van der Waals surface area contributed by atoms with Gasteiger partial charge in [0.15, 0.2) is 0 Å². The molecule has 1 saturated heterocycles. The summed E-state index contributed by atoms with van der Waals surface area (Å²) >= 11 is 7.60. The molecule has 1 aromatic rings. The fourth-order valence-corrected chi connectivity index (χ4v) is 6.20. The van der Waals surface area contributed by atoms with Gasteiger partial charge in [-0.1, -0.05) is 22.0 Å². The van der Waals surface area contributed by atoms with Crippen LogP contribution in [0.4, 0.5) is 0 Å². The molecule has 2 aliphatic heterocycles. The lowest BCUT2D eigenvalue weighted by Gasteiger charge is -2.40. The van der Waals surface area contributed by atoms with Gasteiger partial charge in [-0.3, -0.25) is 0 Å². The topological polar surface area (TPSA) is 15.3 Å². The summed E-state index contributed by atoms with van der Waals surface area (Å²) in [5, 5.41) is 3.74. The van der Waals surface area contributed by atoms with Gasteiger partial charge in [0.25, 0.3) is 0 Å². The predicted octanol–water partition coefficient (Wildman–Crippen LogP) is 5.26. The third-order valence-corrected chi connectivity index (χ3v) is 7.24. The minimum atomic E-state index is 0.426. The molecule has 0 amide bonds. The molecule has 2 nitrogen and oxygen atoms in total. The minimum absolute atomic E-state index is 0.426. The Hall–Kier alpha value is -0.580. The highest BCUT2D eigenvalue weighted by Crippen LogP contribution is 2.46. The first-order valence-corrected chi connectivity index (χ1v) is 10.9. The van der Waals surface area contributed by atoms with Crippen molar-refractivity contribution in [2.24, 2.45) is 5.92 Å². The predicted molar refractivity (Wildman–Crippen MR) is 112 cm³/mol. The number of hydrogen-bond acceptors (Lipinski definition) is 2. The summed E-state index contributed by atoms with van der Waals surface area (Å²) in [4.78, 5) is 2.47. The molecule has 0 spiro atoms. The lowest BCUT2D eigenvalue weighted by molar-refractivity contribution is 0.187. The van der Waals surface area contributed by atoms with Gasteiger partial charge in [0.2, 0.25) is 0 Å². The van der Waals surface area contributed by atoms with Crippen molar-refractivity contribution in [2.75, 3.05) is 20.1 Å². The van der Waals surface area contributed by atoms with Crippen molar-refractivity contribution in [3.05, 3.63) is 55.6 Å². The van der Waals surface area contributed by atoms with Gasteiger partial charge in [0, 0.05) is 21.1 Å². The van der Waals surface area contributed by atoms with Gasteiger partial charge >= 0.3 is 0 Å². The summed E-state index contributed by atoms with van der Waals surface area (Å²) < 4.78 is 2.48. The molecule has 4 rings (SSSR count). The van der Waals surface area contributed by atoms with E-state index >= 15 is 0 Å². The lowest BCUT2D eigenvalue weighted by atomic mass is 9.73. The van der Waals surface area contributed by atoms with E-state index in [1.54, 1.807) is 16.7 Å². The second-order valence-electron chi connectivity index (χ2n) is 7.88. The summed E-state index contributed by atoms with van der Waals surface area (Å²) in [6.07, 6.45) is 9.36. The van der Waals surface area contributed by atoms with Crippen LogP contribution in [0.15, 0.2) is 38.9 Å². The molecule has 134 valence electrons. The van der Waals surface area contributed by atoms with Crippen LogP contribution >= 0.6 is 31.9 Å². The number of allylic oxidation sites excluding steroid dienone is 2. The van der Waals surface area contributed by atoms with Gasteiger partial charge in [-0.25, -0.2) is 0 Å². The maximum atomic E-state index is 3.93. The Morgan fingerprint density at radius 1 is 1.12 bits per heavy atom. The molecule has 0 radical (unpaired) electrons. The summed E-state index contributed by atoms with van der Waals surface area (Å²) in [6, 6.07) is 5.15. The van der Waals surface area contributed by atoms with E-state index in [0.717, 1.165) is 18.8 Å². The average molecular weight is 466 g/mol. The van der Waals surface area contributed by atoms with Crippen LogP contribution in [0.1, 0.15) is 41.9 Å². The van der Waals surface area contributed by atoms with E-state index in [1.165, 1.54) is 40.4 Å². The smallest absolute Gasteiger partial charge is 0.0543 e. The summed E-state index contributed by atoms with van der Waals surface area (Å²) in [7, 11) is 2.25. The van der Waals surface area contributed by atoms with Gasteiger partial charge < -0.3 is 10.2 Å². The number of nitrogens with zero attached hydrogens (tertiary/aromatic N) is 1. The van der Waals surface area contributed by atoms with E-state index in [9.17, 15) is 0 Å². The number of rotatable bonds is 1. The number of nitrogens with one attached hydrogen (secondary N) is 1. The highest BCUT2D eigenvalue weighted by Gasteiger charge is 2.39. The third-order valence-electron chi connectivity index (χ3n) is 6.13. The van der Waals surface area contributed by atoms with Crippen LogP contribution in [0.5, 0.6) is 0 Å². The van der Waals surface area contributed by atoms with Crippen molar-refractivity contribution >= 4 is 31.9 Å². The Bertz CT molecular complexity index is 730. The highest BCUT2D eigenvalue weighted by atomic mass is 79.9. The molecule has 0 saturated carbocycles. The van der Waals surface area contributed by atoms with E-state index in [-0.39, 0.29) is 0 Å². The van der Waals surface area contributed by atoms with Crippen LogP contribution < -0.4 is 5.32 Å². The second kappa shape index (κ2) is 7.21. The zero-order chi connectivity index (χ0) is 17.6. The van der Waals surface area contributed by atoms with Gasteiger partial charge in [0.1, 0.15) is 0 Å². The van der Waals surface area contributed by atoms with E-state index < -0.39 is 0 Å². The summed E-state index contributed by atoms with van der Waals surface area (Å²) in [5.41, 5.74) is 6.02. The molecule has 2 heterocycles. The van der Waals surface area contributed by atoms with Crippen LogP contribution in [0.25, 0.3) is 0 Å². The third kappa shape index (κ3) is 3.50.